The molecule has 7 aromatic carbocycles. The van der Waals surface area contributed by atoms with Crippen LogP contribution in [0.25, 0.3) is 64.0 Å². The highest BCUT2D eigenvalue weighted by Gasteiger charge is 2.19. The number of hydrogen-bond donors (Lipinski definition) is 0. The smallest absolute Gasteiger partial charge is 0.136 e. The number of para-hydroxylation sites is 1. The second-order valence-corrected chi connectivity index (χ2v) is 12.0. The van der Waals surface area contributed by atoms with Gasteiger partial charge in [0.15, 0.2) is 0 Å². The van der Waals surface area contributed by atoms with Gasteiger partial charge in [-0.2, -0.15) is 0 Å². The fourth-order valence-electron chi connectivity index (χ4n) is 6.47. The molecule has 43 heavy (non-hydrogen) atoms. The van der Waals surface area contributed by atoms with Crippen molar-refractivity contribution in [3.63, 3.8) is 0 Å². The molecule has 3 heteroatoms. The van der Waals surface area contributed by atoms with Crippen molar-refractivity contribution in [2.75, 3.05) is 4.90 Å². The van der Waals surface area contributed by atoms with E-state index in [1.165, 1.54) is 42.1 Å². The van der Waals surface area contributed by atoms with Crippen molar-refractivity contribution in [3.8, 4) is 11.1 Å². The maximum Gasteiger partial charge on any atom is 0.136 e. The van der Waals surface area contributed by atoms with E-state index in [1.807, 2.05) is 23.5 Å². The Kier molecular flexibility index (Phi) is 5.40. The van der Waals surface area contributed by atoms with Crippen molar-refractivity contribution >= 4 is 81.3 Å². The quantitative estimate of drug-likeness (QED) is 0.210. The first kappa shape index (κ1) is 24.2. The largest absolute Gasteiger partial charge is 0.456 e. The molecule has 0 bridgehead atoms. The highest BCUT2D eigenvalue weighted by atomic mass is 32.1. The van der Waals surface area contributed by atoms with E-state index in [9.17, 15) is 0 Å². The van der Waals surface area contributed by atoms with Crippen molar-refractivity contribution < 1.29 is 4.42 Å². The van der Waals surface area contributed by atoms with E-state index in [0.29, 0.717) is 0 Å². The maximum atomic E-state index is 6.25. The Balaban J connectivity index is 1.29. The van der Waals surface area contributed by atoms with Crippen LogP contribution in [0.2, 0.25) is 0 Å². The first-order chi connectivity index (χ1) is 21.3. The van der Waals surface area contributed by atoms with Gasteiger partial charge in [0.25, 0.3) is 0 Å². The van der Waals surface area contributed by atoms with Crippen molar-refractivity contribution in [1.29, 1.82) is 0 Å². The molecule has 0 aliphatic heterocycles. The number of hydrogen-bond acceptors (Lipinski definition) is 3. The maximum absolute atomic E-state index is 6.25. The summed E-state index contributed by atoms with van der Waals surface area (Å²) in [5.74, 6) is 0. The van der Waals surface area contributed by atoms with E-state index >= 15 is 0 Å². The van der Waals surface area contributed by atoms with E-state index in [0.717, 1.165) is 39.0 Å². The highest BCUT2D eigenvalue weighted by Crippen LogP contribution is 2.45. The zero-order valence-electron chi connectivity index (χ0n) is 23.2. The van der Waals surface area contributed by atoms with Crippen LogP contribution in [0.1, 0.15) is 0 Å². The first-order valence-electron chi connectivity index (χ1n) is 14.5. The Hall–Kier alpha value is -5.38. The number of furan rings is 1. The molecule has 2 aromatic heterocycles. The second kappa shape index (κ2) is 9.59. The first-order valence-corrected chi connectivity index (χ1v) is 15.3. The monoisotopic (exact) mass is 567 g/mol. The van der Waals surface area contributed by atoms with E-state index in [4.69, 9.17) is 4.42 Å². The van der Waals surface area contributed by atoms with Crippen LogP contribution in [0.3, 0.4) is 0 Å². The number of thiophene rings is 1. The molecule has 0 aliphatic rings. The van der Waals surface area contributed by atoms with Gasteiger partial charge >= 0.3 is 0 Å². The molecule has 0 radical (unpaired) electrons. The van der Waals surface area contributed by atoms with Crippen molar-refractivity contribution in [2.45, 2.75) is 0 Å². The lowest BCUT2D eigenvalue weighted by Crippen LogP contribution is -2.10. The second-order valence-electron chi connectivity index (χ2n) is 10.9. The van der Waals surface area contributed by atoms with Gasteiger partial charge in [0, 0.05) is 47.7 Å². The standard InChI is InChI=1S/C40H25NOS/c1-2-9-26(10-3-1)27-17-19-28(20-18-27)41(29-21-22-32-31-11-5-7-16-38(31)43-39(32)25-29)35-14-8-13-33-30(35)23-24-37-40(33)34-12-4-6-15-36(34)42-37/h1-25H. The summed E-state index contributed by atoms with van der Waals surface area (Å²) < 4.78 is 8.85. The molecule has 9 rings (SSSR count). The molecule has 0 N–H and O–H groups in total. The fourth-order valence-corrected chi connectivity index (χ4v) is 7.61. The SMILES string of the molecule is c1ccc(-c2ccc(N(c3ccc4c(c3)sc3ccccc34)c3cccc4c3ccc3oc5ccccc5c34)cc2)cc1. The van der Waals surface area contributed by atoms with Crippen LogP contribution in [0.4, 0.5) is 17.1 Å². The topological polar surface area (TPSA) is 16.4 Å². The minimum absolute atomic E-state index is 0.913. The lowest BCUT2D eigenvalue weighted by molar-refractivity contribution is 0.669. The molecular weight excluding hydrogens is 543 g/mol. The van der Waals surface area contributed by atoms with Gasteiger partial charge in [-0.25, -0.2) is 0 Å². The molecule has 9 aromatic rings. The van der Waals surface area contributed by atoms with Gasteiger partial charge < -0.3 is 9.32 Å². The van der Waals surface area contributed by atoms with Gasteiger partial charge in [0.2, 0.25) is 0 Å². The van der Waals surface area contributed by atoms with Gasteiger partial charge in [0.05, 0.1) is 5.69 Å². The number of nitrogens with zero attached hydrogens (tertiary/aromatic N) is 1. The predicted molar refractivity (Wildman–Crippen MR) is 184 cm³/mol. The van der Waals surface area contributed by atoms with E-state index in [1.54, 1.807) is 0 Å². The lowest BCUT2D eigenvalue weighted by Gasteiger charge is -2.27. The van der Waals surface area contributed by atoms with Gasteiger partial charge in [-0.05, 0) is 71.1 Å². The van der Waals surface area contributed by atoms with Gasteiger partial charge in [0.1, 0.15) is 11.2 Å². The highest BCUT2D eigenvalue weighted by molar-refractivity contribution is 7.25. The minimum Gasteiger partial charge on any atom is -0.456 e. The Morgan fingerprint density at radius 2 is 1.09 bits per heavy atom. The number of rotatable bonds is 4. The zero-order valence-corrected chi connectivity index (χ0v) is 24.0. The third-order valence-corrected chi connectivity index (χ3v) is 9.60. The average Bonchev–Trinajstić information content (AvgIpc) is 3.64. The van der Waals surface area contributed by atoms with E-state index < -0.39 is 0 Å². The molecule has 202 valence electrons. The predicted octanol–water partition coefficient (Wildman–Crippen LogP) is 12.2. The molecule has 2 nitrogen and oxygen atoms in total. The molecule has 0 atom stereocenters. The zero-order chi connectivity index (χ0) is 28.3. The summed E-state index contributed by atoms with van der Waals surface area (Å²) in [4.78, 5) is 2.40. The molecular formula is C40H25NOS. The molecule has 0 saturated heterocycles. The third-order valence-electron chi connectivity index (χ3n) is 8.47. The van der Waals surface area contributed by atoms with Crippen molar-refractivity contribution in [2.24, 2.45) is 0 Å². The van der Waals surface area contributed by atoms with E-state index in [-0.39, 0.29) is 0 Å². The summed E-state index contributed by atoms with van der Waals surface area (Å²) >= 11 is 1.85. The van der Waals surface area contributed by atoms with Crippen LogP contribution >= 0.6 is 11.3 Å². The van der Waals surface area contributed by atoms with Gasteiger partial charge in [-0.15, -0.1) is 11.3 Å². The summed E-state index contributed by atoms with van der Waals surface area (Å²) in [5.41, 5.74) is 7.63. The minimum atomic E-state index is 0.913. The molecule has 0 saturated carbocycles. The van der Waals surface area contributed by atoms with Crippen LogP contribution in [-0.2, 0) is 0 Å². The van der Waals surface area contributed by atoms with Gasteiger partial charge in [-0.3, -0.25) is 0 Å². The molecule has 2 heterocycles. The molecule has 0 spiro atoms. The van der Waals surface area contributed by atoms with Gasteiger partial charge in [-0.1, -0.05) is 97.1 Å². The Labute approximate surface area is 252 Å². The van der Waals surface area contributed by atoms with E-state index in [2.05, 4.69) is 144 Å². The summed E-state index contributed by atoms with van der Waals surface area (Å²) in [6.07, 6.45) is 0. The normalized spacial score (nSPS) is 11.7. The summed E-state index contributed by atoms with van der Waals surface area (Å²) in [7, 11) is 0. The fraction of sp³-hybridized carbons (Fsp3) is 0. The summed E-state index contributed by atoms with van der Waals surface area (Å²) in [6.45, 7) is 0. The Morgan fingerprint density at radius 1 is 0.419 bits per heavy atom. The Bertz CT molecular complexity index is 2450. The molecule has 0 amide bonds. The average molecular weight is 568 g/mol. The molecule has 0 aliphatic carbocycles. The molecule has 0 unspecified atom stereocenters. The summed E-state index contributed by atoms with van der Waals surface area (Å²) in [5, 5.41) is 7.29. The van der Waals surface area contributed by atoms with Crippen molar-refractivity contribution in [1.82, 2.24) is 0 Å². The van der Waals surface area contributed by atoms with Crippen LogP contribution in [0, 0.1) is 0 Å². The Morgan fingerprint density at radius 3 is 1.98 bits per heavy atom. The summed E-state index contributed by atoms with van der Waals surface area (Å²) in [6, 6.07) is 54.3. The molecule has 0 fully saturated rings. The van der Waals surface area contributed by atoms with Crippen LogP contribution < -0.4 is 4.90 Å². The number of benzene rings is 7. The van der Waals surface area contributed by atoms with Crippen LogP contribution in [0.15, 0.2) is 156 Å². The number of fused-ring (bicyclic) bond motifs is 8. The third kappa shape index (κ3) is 3.86. The lowest BCUT2D eigenvalue weighted by atomic mass is 10.0. The van der Waals surface area contributed by atoms with Crippen LogP contribution in [0.5, 0.6) is 0 Å². The van der Waals surface area contributed by atoms with Crippen molar-refractivity contribution in [3.05, 3.63) is 152 Å². The van der Waals surface area contributed by atoms with Crippen LogP contribution in [-0.4, -0.2) is 0 Å². The number of anilines is 3.